The molecule has 5 nitrogen and oxygen atoms in total. The number of halogens is 3. The SMILES string of the molecule is Nc1cccc(S(=O)(=O)N(CCO)CC(F)(F)F)c1. The number of rotatable bonds is 5. The molecule has 0 spiro atoms. The van der Waals surface area contributed by atoms with Gasteiger partial charge >= 0.3 is 6.18 Å². The molecule has 0 aliphatic heterocycles. The maximum Gasteiger partial charge on any atom is 0.402 e. The monoisotopic (exact) mass is 298 g/mol. The highest BCUT2D eigenvalue weighted by molar-refractivity contribution is 7.89. The maximum atomic E-state index is 12.3. The van der Waals surface area contributed by atoms with Crippen molar-refractivity contribution in [2.75, 3.05) is 25.4 Å². The van der Waals surface area contributed by atoms with Crippen LogP contribution in [0.15, 0.2) is 29.2 Å². The van der Waals surface area contributed by atoms with Crippen LogP contribution in [0.2, 0.25) is 0 Å². The molecule has 0 amide bonds. The third-order valence-corrected chi connectivity index (χ3v) is 4.04. The first-order valence-corrected chi connectivity index (χ1v) is 6.64. The van der Waals surface area contributed by atoms with E-state index in [1.165, 1.54) is 12.1 Å². The van der Waals surface area contributed by atoms with Crippen LogP contribution in [0.5, 0.6) is 0 Å². The Morgan fingerprint density at radius 1 is 1.32 bits per heavy atom. The van der Waals surface area contributed by atoms with Crippen LogP contribution < -0.4 is 5.73 Å². The van der Waals surface area contributed by atoms with Crippen molar-refractivity contribution >= 4 is 15.7 Å². The molecule has 1 aromatic rings. The number of benzene rings is 1. The number of sulfonamides is 1. The van der Waals surface area contributed by atoms with Crippen molar-refractivity contribution in [3.63, 3.8) is 0 Å². The molecule has 0 aromatic heterocycles. The number of hydrogen-bond acceptors (Lipinski definition) is 4. The summed E-state index contributed by atoms with van der Waals surface area (Å²) in [5.74, 6) is 0. The van der Waals surface area contributed by atoms with Gasteiger partial charge in [-0.2, -0.15) is 17.5 Å². The first-order chi connectivity index (χ1) is 8.66. The summed E-state index contributed by atoms with van der Waals surface area (Å²) in [5, 5.41) is 8.70. The Morgan fingerprint density at radius 3 is 2.42 bits per heavy atom. The molecule has 0 fully saturated rings. The largest absolute Gasteiger partial charge is 0.402 e. The molecule has 3 N–H and O–H groups in total. The van der Waals surface area contributed by atoms with Gasteiger partial charge in [0.25, 0.3) is 0 Å². The Balaban J connectivity index is 3.13. The number of nitrogens with zero attached hydrogens (tertiary/aromatic N) is 1. The maximum absolute atomic E-state index is 12.3. The van der Waals surface area contributed by atoms with Gasteiger partial charge in [-0.3, -0.25) is 0 Å². The van der Waals surface area contributed by atoms with Crippen molar-refractivity contribution in [3.05, 3.63) is 24.3 Å². The van der Waals surface area contributed by atoms with E-state index in [-0.39, 0.29) is 14.9 Å². The van der Waals surface area contributed by atoms with Crippen LogP contribution in [0.25, 0.3) is 0 Å². The van der Waals surface area contributed by atoms with E-state index in [1.54, 1.807) is 0 Å². The number of nitrogen functional groups attached to an aromatic ring is 1. The van der Waals surface area contributed by atoms with Crippen LogP contribution in [0.1, 0.15) is 0 Å². The normalized spacial score (nSPS) is 12.9. The molecule has 0 radical (unpaired) electrons. The third kappa shape index (κ3) is 4.37. The molecular weight excluding hydrogens is 285 g/mol. The Labute approximate surface area is 108 Å². The first kappa shape index (κ1) is 15.7. The van der Waals surface area contributed by atoms with Gasteiger partial charge in [-0.15, -0.1) is 0 Å². The van der Waals surface area contributed by atoms with Crippen LogP contribution in [-0.4, -0.2) is 43.7 Å². The molecular formula is C10H13F3N2O3S. The summed E-state index contributed by atoms with van der Waals surface area (Å²) in [5.41, 5.74) is 5.52. The molecule has 19 heavy (non-hydrogen) atoms. The van der Waals surface area contributed by atoms with E-state index in [9.17, 15) is 21.6 Å². The lowest BCUT2D eigenvalue weighted by Crippen LogP contribution is -2.40. The van der Waals surface area contributed by atoms with Crippen molar-refractivity contribution in [2.24, 2.45) is 0 Å². The molecule has 0 heterocycles. The first-order valence-electron chi connectivity index (χ1n) is 5.20. The van der Waals surface area contributed by atoms with Crippen molar-refractivity contribution < 1.29 is 26.7 Å². The molecule has 0 aliphatic rings. The van der Waals surface area contributed by atoms with E-state index in [0.717, 1.165) is 12.1 Å². The van der Waals surface area contributed by atoms with Gasteiger partial charge in [-0.1, -0.05) is 6.07 Å². The van der Waals surface area contributed by atoms with Gasteiger partial charge < -0.3 is 10.8 Å². The van der Waals surface area contributed by atoms with Gasteiger partial charge in [0.1, 0.15) is 6.54 Å². The van der Waals surface area contributed by atoms with Crippen LogP contribution in [-0.2, 0) is 10.0 Å². The van der Waals surface area contributed by atoms with Gasteiger partial charge in [-0.25, -0.2) is 8.42 Å². The van der Waals surface area contributed by atoms with Gasteiger partial charge in [0.2, 0.25) is 10.0 Å². The van der Waals surface area contributed by atoms with E-state index >= 15 is 0 Å². The van der Waals surface area contributed by atoms with Crippen LogP contribution >= 0.6 is 0 Å². The van der Waals surface area contributed by atoms with E-state index in [1.807, 2.05) is 0 Å². The minimum absolute atomic E-state index is 0.122. The number of alkyl halides is 3. The number of hydrogen-bond donors (Lipinski definition) is 2. The van der Waals surface area contributed by atoms with Crippen LogP contribution in [0, 0.1) is 0 Å². The summed E-state index contributed by atoms with van der Waals surface area (Å²) < 4.78 is 61.2. The third-order valence-electron chi connectivity index (χ3n) is 2.20. The highest BCUT2D eigenvalue weighted by Gasteiger charge is 2.36. The number of anilines is 1. The molecule has 9 heteroatoms. The van der Waals surface area contributed by atoms with E-state index in [4.69, 9.17) is 10.8 Å². The number of nitrogens with two attached hydrogens (primary N) is 1. The Bertz CT molecular complexity index is 531. The fourth-order valence-electron chi connectivity index (χ4n) is 1.42. The lowest BCUT2D eigenvalue weighted by Gasteiger charge is -2.22. The molecule has 0 saturated carbocycles. The minimum atomic E-state index is -4.69. The molecule has 1 rings (SSSR count). The summed E-state index contributed by atoms with van der Waals surface area (Å²) in [6, 6.07) is 4.95. The topological polar surface area (TPSA) is 83.6 Å². The molecule has 0 aliphatic carbocycles. The van der Waals surface area contributed by atoms with Crippen LogP contribution in [0.4, 0.5) is 18.9 Å². The molecule has 0 atom stereocenters. The lowest BCUT2D eigenvalue weighted by molar-refractivity contribution is -0.136. The average molecular weight is 298 g/mol. The lowest BCUT2D eigenvalue weighted by atomic mass is 10.3. The predicted molar refractivity (Wildman–Crippen MR) is 62.8 cm³/mol. The van der Waals surface area contributed by atoms with Gasteiger partial charge in [-0.05, 0) is 18.2 Å². The highest BCUT2D eigenvalue weighted by Crippen LogP contribution is 2.23. The van der Waals surface area contributed by atoms with Crippen molar-refractivity contribution in [2.45, 2.75) is 11.1 Å². The summed E-state index contributed by atoms with van der Waals surface area (Å²) in [6.07, 6.45) is -4.69. The second kappa shape index (κ2) is 5.76. The number of aliphatic hydroxyl groups excluding tert-OH is 1. The van der Waals surface area contributed by atoms with Crippen molar-refractivity contribution in [1.29, 1.82) is 0 Å². The van der Waals surface area contributed by atoms with Crippen LogP contribution in [0.3, 0.4) is 0 Å². The van der Waals surface area contributed by atoms with E-state index in [2.05, 4.69) is 0 Å². The molecule has 1 aromatic carbocycles. The quantitative estimate of drug-likeness (QED) is 0.788. The fraction of sp³-hybridized carbons (Fsp3) is 0.400. The summed E-state index contributed by atoms with van der Waals surface area (Å²) in [7, 11) is -4.35. The zero-order valence-corrected chi connectivity index (χ0v) is 10.6. The van der Waals surface area contributed by atoms with Gasteiger partial charge in [0.05, 0.1) is 11.5 Å². The van der Waals surface area contributed by atoms with Gasteiger partial charge in [0.15, 0.2) is 0 Å². The summed E-state index contributed by atoms with van der Waals surface area (Å²) in [4.78, 5) is -0.342. The average Bonchev–Trinajstić information content (AvgIpc) is 2.26. The summed E-state index contributed by atoms with van der Waals surface area (Å²) >= 11 is 0. The smallest absolute Gasteiger partial charge is 0.399 e. The Hall–Kier alpha value is -1.32. The Kier molecular flexibility index (Phi) is 4.77. The highest BCUT2D eigenvalue weighted by atomic mass is 32.2. The minimum Gasteiger partial charge on any atom is -0.399 e. The van der Waals surface area contributed by atoms with E-state index < -0.39 is 35.9 Å². The Morgan fingerprint density at radius 2 is 1.95 bits per heavy atom. The molecule has 0 unspecified atom stereocenters. The zero-order valence-electron chi connectivity index (χ0n) is 9.76. The standard InChI is InChI=1S/C10H13F3N2O3S/c11-10(12,13)7-15(4-5-16)19(17,18)9-3-1-2-8(14)6-9/h1-3,6,16H,4-5,7,14H2. The summed E-state index contributed by atoms with van der Waals surface area (Å²) in [6.45, 7) is -3.01. The second-order valence-electron chi connectivity index (χ2n) is 3.75. The fourth-order valence-corrected chi connectivity index (χ4v) is 2.89. The number of aliphatic hydroxyl groups is 1. The van der Waals surface area contributed by atoms with Crippen molar-refractivity contribution in [1.82, 2.24) is 4.31 Å². The predicted octanol–water partition coefficient (Wildman–Crippen LogP) is 0.814. The second-order valence-corrected chi connectivity index (χ2v) is 5.69. The molecule has 0 saturated heterocycles. The molecule has 108 valence electrons. The van der Waals surface area contributed by atoms with Crippen molar-refractivity contribution in [3.8, 4) is 0 Å². The zero-order chi connectivity index (χ0) is 14.7. The van der Waals surface area contributed by atoms with E-state index in [0.29, 0.717) is 0 Å². The van der Waals surface area contributed by atoms with Gasteiger partial charge in [0, 0.05) is 12.2 Å². The molecule has 0 bridgehead atoms.